The molecule has 8 nitrogen and oxygen atoms in total. The molecule has 0 bridgehead atoms. The molecule has 20 heavy (non-hydrogen) atoms. The molecule has 0 aromatic rings. The van der Waals surface area contributed by atoms with Crippen LogP contribution in [0, 0.1) is 5.92 Å². The van der Waals surface area contributed by atoms with Gasteiger partial charge >= 0.3 is 15.2 Å². The van der Waals surface area contributed by atoms with Gasteiger partial charge in [0.05, 0.1) is 0 Å². The van der Waals surface area contributed by atoms with E-state index in [1.807, 2.05) is 0 Å². The van der Waals surface area contributed by atoms with Crippen LogP contribution < -0.4 is 11.1 Å². The van der Waals surface area contributed by atoms with Gasteiger partial charge in [-0.2, -0.15) is 12.6 Å². The van der Waals surface area contributed by atoms with Crippen molar-refractivity contribution in [3.63, 3.8) is 0 Å². The second kappa shape index (κ2) is 6.77. The second-order valence-corrected chi connectivity index (χ2v) is 9.60. The third-order valence-electron chi connectivity index (χ3n) is 3.73. The van der Waals surface area contributed by atoms with Crippen molar-refractivity contribution in [3.8, 4) is 0 Å². The Bertz CT molecular complexity index is 395. The maximum absolute atomic E-state index is 11.5. The predicted molar refractivity (Wildman–Crippen MR) is 78.6 cm³/mol. The van der Waals surface area contributed by atoms with Gasteiger partial charge < -0.3 is 30.6 Å². The van der Waals surface area contributed by atoms with Gasteiger partial charge in [-0.15, -0.1) is 0 Å². The molecule has 0 spiro atoms. The zero-order valence-corrected chi connectivity index (χ0v) is 13.6. The molecular weight excluding hydrogens is 326 g/mol. The molecule has 2 unspecified atom stereocenters. The zero-order valence-electron chi connectivity index (χ0n) is 10.9. The standard InChI is InChI=1S/C9H22N2O6P2S/c10-9(18(12,13)14,19(15,16)17)8-4-3-7(6-11-8)2-1-5-20/h7-8,11,20H,1-6,10H2,(H2,12,13,14)(H2,15,16,17). The fourth-order valence-electron chi connectivity index (χ4n) is 2.48. The van der Waals surface area contributed by atoms with Crippen molar-refractivity contribution >= 4 is 27.8 Å². The number of thiol groups is 1. The molecule has 0 radical (unpaired) electrons. The lowest BCUT2D eigenvalue weighted by Gasteiger charge is -2.41. The molecule has 1 saturated heterocycles. The summed E-state index contributed by atoms with van der Waals surface area (Å²) in [6, 6.07) is -1.11. The molecule has 1 rings (SSSR count). The Morgan fingerprint density at radius 1 is 1.20 bits per heavy atom. The van der Waals surface area contributed by atoms with Gasteiger partial charge in [-0.05, 0) is 43.9 Å². The van der Waals surface area contributed by atoms with Crippen molar-refractivity contribution in [1.82, 2.24) is 5.32 Å². The van der Waals surface area contributed by atoms with Crippen LogP contribution >= 0.6 is 27.8 Å². The van der Waals surface area contributed by atoms with Crippen LogP contribution in [-0.2, 0) is 9.13 Å². The second-order valence-electron chi connectivity index (χ2n) is 5.14. The smallest absolute Gasteiger partial charge is 0.323 e. The molecule has 0 aromatic carbocycles. The fourth-order valence-corrected chi connectivity index (χ4v) is 5.27. The highest BCUT2D eigenvalue weighted by Gasteiger charge is 2.62. The van der Waals surface area contributed by atoms with E-state index in [9.17, 15) is 28.7 Å². The number of nitrogens with one attached hydrogen (secondary N) is 1. The van der Waals surface area contributed by atoms with Gasteiger partial charge in [0.1, 0.15) is 0 Å². The fraction of sp³-hybridized carbons (Fsp3) is 1.00. The van der Waals surface area contributed by atoms with Crippen molar-refractivity contribution in [1.29, 1.82) is 0 Å². The molecule has 1 fully saturated rings. The molecule has 120 valence electrons. The van der Waals surface area contributed by atoms with E-state index in [1.54, 1.807) is 0 Å². The first-order valence-corrected chi connectivity index (χ1v) is 10.1. The Morgan fingerprint density at radius 2 is 1.75 bits per heavy atom. The maximum Gasteiger partial charge on any atom is 0.359 e. The first-order chi connectivity index (χ1) is 9.04. The highest BCUT2D eigenvalue weighted by atomic mass is 32.1. The van der Waals surface area contributed by atoms with Crippen molar-refractivity contribution in [2.45, 2.75) is 36.7 Å². The van der Waals surface area contributed by atoms with E-state index in [-0.39, 0.29) is 6.42 Å². The summed E-state index contributed by atoms with van der Waals surface area (Å²) in [6.45, 7) is 0.428. The number of piperidine rings is 1. The molecule has 1 heterocycles. The number of hydrogen-bond donors (Lipinski definition) is 7. The Balaban J connectivity index is 2.83. The number of nitrogens with two attached hydrogens (primary N) is 1. The monoisotopic (exact) mass is 348 g/mol. The van der Waals surface area contributed by atoms with Gasteiger partial charge in [-0.3, -0.25) is 9.13 Å². The molecule has 7 N–H and O–H groups in total. The Kier molecular flexibility index (Phi) is 6.30. The summed E-state index contributed by atoms with van der Waals surface area (Å²) in [5, 5.41) is -0.0692. The third kappa shape index (κ3) is 3.85. The van der Waals surface area contributed by atoms with Gasteiger partial charge in [-0.25, -0.2) is 0 Å². The van der Waals surface area contributed by atoms with Crippen molar-refractivity contribution < 1.29 is 28.7 Å². The van der Waals surface area contributed by atoms with E-state index >= 15 is 0 Å². The summed E-state index contributed by atoms with van der Waals surface area (Å²) in [6.07, 6.45) is 2.66. The van der Waals surface area contributed by atoms with Crippen LogP contribution in [0.3, 0.4) is 0 Å². The lowest BCUT2D eigenvalue weighted by molar-refractivity contribution is 0.231. The molecule has 1 aliphatic rings. The van der Waals surface area contributed by atoms with E-state index in [4.69, 9.17) is 5.73 Å². The summed E-state index contributed by atoms with van der Waals surface area (Å²) in [7, 11) is -10.4. The van der Waals surface area contributed by atoms with Crippen LogP contribution in [0.1, 0.15) is 25.7 Å². The summed E-state index contributed by atoms with van der Waals surface area (Å²) < 4.78 is 23.0. The largest absolute Gasteiger partial charge is 0.359 e. The first kappa shape index (κ1) is 18.6. The summed E-state index contributed by atoms with van der Waals surface area (Å²) in [5.74, 6) is 1.06. The number of rotatable bonds is 6. The minimum absolute atomic E-state index is 0.212. The topological polar surface area (TPSA) is 153 Å². The minimum atomic E-state index is -5.18. The van der Waals surface area contributed by atoms with Crippen molar-refractivity contribution in [2.24, 2.45) is 11.7 Å². The molecule has 0 amide bonds. The first-order valence-electron chi connectivity index (χ1n) is 6.28. The Labute approximate surface area is 123 Å². The Hall–Kier alpha value is 0.570. The molecule has 0 aromatic heterocycles. The zero-order chi connectivity index (χ0) is 15.6. The van der Waals surface area contributed by atoms with E-state index in [2.05, 4.69) is 17.9 Å². The summed E-state index contributed by atoms with van der Waals surface area (Å²) in [5.41, 5.74) is 5.47. The highest BCUT2D eigenvalue weighted by molar-refractivity contribution is 7.80. The van der Waals surface area contributed by atoms with E-state index in [1.165, 1.54) is 0 Å². The van der Waals surface area contributed by atoms with Crippen LogP contribution in [0.5, 0.6) is 0 Å². The van der Waals surface area contributed by atoms with Gasteiger partial charge in [0.2, 0.25) is 5.02 Å². The highest BCUT2D eigenvalue weighted by Crippen LogP contribution is 2.68. The Morgan fingerprint density at radius 3 is 2.10 bits per heavy atom. The summed E-state index contributed by atoms with van der Waals surface area (Å²) >= 11 is 4.11. The average molecular weight is 348 g/mol. The average Bonchev–Trinajstić information content (AvgIpc) is 2.33. The van der Waals surface area contributed by atoms with Crippen LogP contribution in [0.4, 0.5) is 0 Å². The predicted octanol–water partition coefficient (Wildman–Crippen LogP) is 0.0325. The molecule has 0 saturated carbocycles. The van der Waals surface area contributed by atoms with E-state index in [0.717, 1.165) is 18.6 Å². The summed E-state index contributed by atoms with van der Waals surface area (Å²) in [4.78, 5) is 37.1. The van der Waals surface area contributed by atoms with Gasteiger partial charge in [0, 0.05) is 6.04 Å². The van der Waals surface area contributed by atoms with E-state index in [0.29, 0.717) is 18.9 Å². The SMILES string of the molecule is NC(C1CCC(CCCS)CN1)(P(=O)(O)O)P(=O)(O)O. The van der Waals surface area contributed by atoms with Crippen molar-refractivity contribution in [2.75, 3.05) is 12.3 Å². The minimum Gasteiger partial charge on any atom is -0.323 e. The van der Waals surface area contributed by atoms with Crippen LogP contribution in [-0.4, -0.2) is 42.9 Å². The van der Waals surface area contributed by atoms with Gasteiger partial charge in [0.25, 0.3) is 0 Å². The molecular formula is C9H22N2O6P2S. The van der Waals surface area contributed by atoms with Crippen LogP contribution in [0.2, 0.25) is 0 Å². The quantitative estimate of drug-likeness (QED) is 0.262. The van der Waals surface area contributed by atoms with Crippen molar-refractivity contribution in [3.05, 3.63) is 0 Å². The van der Waals surface area contributed by atoms with E-state index < -0.39 is 26.3 Å². The van der Waals surface area contributed by atoms with Gasteiger partial charge in [-0.1, -0.05) is 0 Å². The van der Waals surface area contributed by atoms with Gasteiger partial charge in [0.15, 0.2) is 0 Å². The molecule has 0 aliphatic carbocycles. The normalized spacial score (nSPS) is 25.7. The maximum atomic E-state index is 11.5. The lowest BCUT2D eigenvalue weighted by atomic mass is 9.91. The van der Waals surface area contributed by atoms with Crippen LogP contribution in [0.25, 0.3) is 0 Å². The van der Waals surface area contributed by atoms with Crippen LogP contribution in [0.15, 0.2) is 0 Å². The molecule has 2 atom stereocenters. The molecule has 11 heteroatoms. The lowest BCUT2D eigenvalue weighted by Crippen LogP contribution is -2.59. The number of hydrogen-bond acceptors (Lipinski definition) is 5. The third-order valence-corrected chi connectivity index (χ3v) is 8.10. The molecule has 1 aliphatic heterocycles.